The van der Waals surface area contributed by atoms with Gasteiger partial charge in [-0.3, -0.25) is 4.79 Å². The maximum Gasteiger partial charge on any atom is 0.251 e. The first-order valence-electron chi connectivity index (χ1n) is 3.06. The predicted octanol–water partition coefficient (Wildman–Crippen LogP) is 0.646. The Balaban J connectivity index is 3.37. The molecule has 0 saturated carbocycles. The molecule has 5 heteroatoms. The summed E-state index contributed by atoms with van der Waals surface area (Å²) in [6.07, 6.45) is 0. The lowest BCUT2D eigenvalue weighted by molar-refractivity contribution is 0.0996. The van der Waals surface area contributed by atoms with E-state index in [0.29, 0.717) is 6.07 Å². The lowest BCUT2D eigenvalue weighted by atomic mass is 10.1. The fourth-order valence-electron chi connectivity index (χ4n) is 0.790. The molecule has 0 aliphatic rings. The number of anilines is 1. The van der Waals surface area contributed by atoms with Crippen molar-refractivity contribution in [1.29, 1.82) is 0 Å². The van der Waals surface area contributed by atoms with Crippen LogP contribution in [0.2, 0.25) is 0 Å². The molecule has 1 aromatic carbocycles. The number of amides is 1. The second kappa shape index (κ2) is 2.77. The number of benzene rings is 1. The molecule has 1 amide bonds. The van der Waals surface area contributed by atoms with E-state index < -0.39 is 28.8 Å². The monoisotopic (exact) mass is 172 g/mol. The van der Waals surface area contributed by atoms with Crippen LogP contribution in [0.5, 0.6) is 0 Å². The number of halogens is 2. The van der Waals surface area contributed by atoms with Gasteiger partial charge in [0, 0.05) is 0 Å². The molecule has 0 atom stereocenters. The Hall–Kier alpha value is -1.65. The maximum atomic E-state index is 12.8. The average Bonchev–Trinajstić information content (AvgIpc) is 1.96. The summed E-state index contributed by atoms with van der Waals surface area (Å²) in [4.78, 5) is 10.5. The van der Waals surface area contributed by atoms with E-state index >= 15 is 0 Å². The van der Waals surface area contributed by atoms with E-state index in [1.807, 2.05) is 0 Å². The van der Waals surface area contributed by atoms with E-state index in [1.165, 1.54) is 0 Å². The number of carbonyl (C=O) groups excluding carboxylic acids is 1. The smallest absolute Gasteiger partial charge is 0.251 e. The van der Waals surface area contributed by atoms with E-state index in [0.717, 1.165) is 6.07 Å². The summed E-state index contributed by atoms with van der Waals surface area (Å²) in [5.41, 5.74) is 8.83. The minimum Gasteiger partial charge on any atom is -0.396 e. The van der Waals surface area contributed by atoms with Crippen molar-refractivity contribution in [2.75, 3.05) is 5.73 Å². The van der Waals surface area contributed by atoms with Crippen LogP contribution < -0.4 is 11.5 Å². The lowest BCUT2D eigenvalue weighted by Gasteiger charge is -2.01. The topological polar surface area (TPSA) is 69.1 Å². The molecule has 1 rings (SSSR count). The van der Waals surface area contributed by atoms with Gasteiger partial charge in [-0.05, 0) is 12.1 Å². The van der Waals surface area contributed by atoms with E-state index in [4.69, 9.17) is 11.5 Å². The summed E-state index contributed by atoms with van der Waals surface area (Å²) >= 11 is 0. The molecule has 64 valence electrons. The van der Waals surface area contributed by atoms with Crippen molar-refractivity contribution < 1.29 is 13.6 Å². The van der Waals surface area contributed by atoms with Gasteiger partial charge in [0.25, 0.3) is 5.91 Å². The van der Waals surface area contributed by atoms with Gasteiger partial charge >= 0.3 is 0 Å². The summed E-state index contributed by atoms with van der Waals surface area (Å²) in [5, 5.41) is 0. The normalized spacial score (nSPS) is 9.83. The summed E-state index contributed by atoms with van der Waals surface area (Å²) in [6.45, 7) is 0. The van der Waals surface area contributed by atoms with Gasteiger partial charge in [-0.1, -0.05) is 0 Å². The molecule has 12 heavy (non-hydrogen) atoms. The molecule has 1 aromatic rings. The Kier molecular flexibility index (Phi) is 1.95. The van der Waals surface area contributed by atoms with Crippen LogP contribution in [-0.2, 0) is 0 Å². The SMILES string of the molecule is NC(=O)c1cc(F)cc(N)c1F. The Morgan fingerprint density at radius 2 is 1.92 bits per heavy atom. The Morgan fingerprint density at radius 3 is 2.42 bits per heavy atom. The molecule has 0 fully saturated rings. The largest absolute Gasteiger partial charge is 0.396 e. The van der Waals surface area contributed by atoms with E-state index in [2.05, 4.69) is 0 Å². The highest BCUT2D eigenvalue weighted by Crippen LogP contribution is 2.16. The predicted molar refractivity (Wildman–Crippen MR) is 39.3 cm³/mol. The first-order chi connectivity index (χ1) is 5.52. The van der Waals surface area contributed by atoms with Crippen LogP contribution in [0, 0.1) is 11.6 Å². The van der Waals surface area contributed by atoms with Gasteiger partial charge in [0.2, 0.25) is 0 Å². The first kappa shape index (κ1) is 8.45. The molecule has 0 bridgehead atoms. The van der Waals surface area contributed by atoms with Crippen molar-refractivity contribution in [3.63, 3.8) is 0 Å². The van der Waals surface area contributed by atoms with E-state index in [1.54, 1.807) is 0 Å². The highest BCUT2D eigenvalue weighted by atomic mass is 19.1. The molecule has 0 radical (unpaired) electrons. The van der Waals surface area contributed by atoms with Crippen LogP contribution >= 0.6 is 0 Å². The third kappa shape index (κ3) is 1.34. The maximum absolute atomic E-state index is 12.8. The highest BCUT2D eigenvalue weighted by Gasteiger charge is 2.12. The van der Waals surface area contributed by atoms with E-state index in [9.17, 15) is 13.6 Å². The molecule has 0 heterocycles. The van der Waals surface area contributed by atoms with Crippen LogP contribution in [0.3, 0.4) is 0 Å². The molecule has 0 unspecified atom stereocenters. The second-order valence-corrected chi connectivity index (χ2v) is 2.22. The number of carbonyl (C=O) groups is 1. The molecule has 4 N–H and O–H groups in total. The third-order valence-corrected chi connectivity index (χ3v) is 1.33. The van der Waals surface area contributed by atoms with Gasteiger partial charge in [0.1, 0.15) is 5.82 Å². The zero-order chi connectivity index (χ0) is 9.30. The quantitative estimate of drug-likeness (QED) is 0.610. The Bertz CT molecular complexity index is 338. The van der Waals surface area contributed by atoms with Gasteiger partial charge in [-0.25, -0.2) is 8.78 Å². The third-order valence-electron chi connectivity index (χ3n) is 1.33. The summed E-state index contributed by atoms with van der Waals surface area (Å²) in [5.74, 6) is -2.81. The van der Waals surface area contributed by atoms with Crippen molar-refractivity contribution in [1.82, 2.24) is 0 Å². The lowest BCUT2D eigenvalue weighted by Crippen LogP contribution is -2.14. The van der Waals surface area contributed by atoms with Crippen molar-refractivity contribution in [2.45, 2.75) is 0 Å². The number of nitrogen functional groups attached to an aromatic ring is 1. The summed E-state index contributed by atoms with van der Waals surface area (Å²) in [7, 11) is 0. The molecule has 0 aromatic heterocycles. The van der Waals surface area contributed by atoms with Gasteiger partial charge in [-0.15, -0.1) is 0 Å². The Morgan fingerprint density at radius 1 is 1.33 bits per heavy atom. The van der Waals surface area contributed by atoms with Crippen LogP contribution in [0.1, 0.15) is 10.4 Å². The molecule has 0 aliphatic heterocycles. The van der Waals surface area contributed by atoms with Gasteiger partial charge < -0.3 is 11.5 Å². The molecule has 0 aliphatic carbocycles. The molecular formula is C7H6F2N2O. The van der Waals surface area contributed by atoms with Crippen LogP contribution in [-0.4, -0.2) is 5.91 Å². The Labute approximate surface area is 67.0 Å². The van der Waals surface area contributed by atoms with Gasteiger partial charge in [-0.2, -0.15) is 0 Å². The standard InChI is InChI=1S/C7H6F2N2O/c8-3-1-4(7(11)12)6(9)5(10)2-3/h1-2H,10H2,(H2,11,12). The van der Waals surface area contributed by atoms with Crippen molar-refractivity contribution >= 4 is 11.6 Å². The average molecular weight is 172 g/mol. The fourth-order valence-corrected chi connectivity index (χ4v) is 0.790. The first-order valence-corrected chi connectivity index (χ1v) is 3.06. The van der Waals surface area contributed by atoms with Gasteiger partial charge in [0.15, 0.2) is 5.82 Å². The van der Waals surface area contributed by atoms with Crippen LogP contribution in [0.15, 0.2) is 12.1 Å². The minimum atomic E-state index is -1.04. The van der Waals surface area contributed by atoms with Crippen molar-refractivity contribution in [3.8, 4) is 0 Å². The minimum absolute atomic E-state index is 0.427. The zero-order valence-electron chi connectivity index (χ0n) is 5.97. The van der Waals surface area contributed by atoms with Crippen LogP contribution in [0.25, 0.3) is 0 Å². The summed E-state index contributed by atoms with van der Waals surface area (Å²) in [6, 6.07) is 1.48. The van der Waals surface area contributed by atoms with Gasteiger partial charge in [0.05, 0.1) is 11.3 Å². The second-order valence-electron chi connectivity index (χ2n) is 2.22. The van der Waals surface area contributed by atoms with E-state index in [-0.39, 0.29) is 0 Å². The number of hydrogen-bond acceptors (Lipinski definition) is 2. The zero-order valence-corrected chi connectivity index (χ0v) is 5.97. The fraction of sp³-hybridized carbons (Fsp3) is 0. The molecule has 3 nitrogen and oxygen atoms in total. The highest BCUT2D eigenvalue weighted by molar-refractivity contribution is 5.94. The molecule has 0 saturated heterocycles. The molecule has 0 spiro atoms. The number of hydrogen-bond donors (Lipinski definition) is 2. The van der Waals surface area contributed by atoms with Crippen LogP contribution in [0.4, 0.5) is 14.5 Å². The number of primary amides is 1. The van der Waals surface area contributed by atoms with Crippen molar-refractivity contribution in [3.05, 3.63) is 29.3 Å². The number of nitrogens with two attached hydrogens (primary N) is 2. The molecular weight excluding hydrogens is 166 g/mol. The number of rotatable bonds is 1. The van der Waals surface area contributed by atoms with Crippen molar-refractivity contribution in [2.24, 2.45) is 5.73 Å². The summed E-state index contributed by atoms with van der Waals surface area (Å²) < 4.78 is 25.4.